The summed E-state index contributed by atoms with van der Waals surface area (Å²) in [4.78, 5) is 33.9. The van der Waals surface area contributed by atoms with Gasteiger partial charge >= 0.3 is 17.5 Å². The summed E-state index contributed by atoms with van der Waals surface area (Å²) >= 11 is 0. The van der Waals surface area contributed by atoms with E-state index in [0.717, 1.165) is 23.6 Å². The van der Waals surface area contributed by atoms with E-state index in [2.05, 4.69) is 10.1 Å². The number of hydrogen-bond acceptors (Lipinski definition) is 5. The summed E-state index contributed by atoms with van der Waals surface area (Å²) < 4.78 is 9.41. The molecule has 0 saturated carbocycles. The molecule has 0 aliphatic heterocycles. The minimum atomic E-state index is -0.991. The smallest absolute Gasteiger partial charge is 0.396 e. The molecule has 1 heterocycles. The second kappa shape index (κ2) is 5.16. The molecule has 0 fully saturated rings. The van der Waals surface area contributed by atoms with Gasteiger partial charge in [-0.25, -0.2) is 9.59 Å². The lowest BCUT2D eigenvalue weighted by Crippen LogP contribution is -2.24. The molecular formula is C14H13NO5. The first kappa shape index (κ1) is 13.8. The minimum absolute atomic E-state index is 0.348. The van der Waals surface area contributed by atoms with Crippen molar-refractivity contribution in [3.63, 3.8) is 0 Å². The average molecular weight is 275 g/mol. The number of benzene rings is 1. The molecule has 0 bridgehead atoms. The predicted octanol–water partition coefficient (Wildman–Crippen LogP) is 1.52. The number of amides is 1. The van der Waals surface area contributed by atoms with Crippen LogP contribution in [0.25, 0.3) is 11.0 Å². The van der Waals surface area contributed by atoms with Crippen molar-refractivity contribution >= 4 is 28.5 Å². The summed E-state index contributed by atoms with van der Waals surface area (Å²) in [6.45, 7) is 3.57. The van der Waals surface area contributed by atoms with Crippen LogP contribution in [0.2, 0.25) is 0 Å². The van der Waals surface area contributed by atoms with Crippen molar-refractivity contribution in [1.82, 2.24) is 0 Å². The van der Waals surface area contributed by atoms with Crippen molar-refractivity contribution in [2.45, 2.75) is 13.8 Å². The maximum absolute atomic E-state index is 11.5. The molecule has 0 radical (unpaired) electrons. The fourth-order valence-electron chi connectivity index (χ4n) is 1.87. The minimum Gasteiger partial charge on any atom is -0.462 e. The van der Waals surface area contributed by atoms with Gasteiger partial charge in [-0.05, 0) is 31.0 Å². The van der Waals surface area contributed by atoms with Crippen LogP contribution in [0.3, 0.4) is 0 Å². The summed E-state index contributed by atoms with van der Waals surface area (Å²) in [5.41, 5.74) is 1.79. The molecule has 2 aromatic rings. The van der Waals surface area contributed by atoms with Crippen molar-refractivity contribution in [2.75, 3.05) is 12.4 Å². The van der Waals surface area contributed by atoms with Crippen LogP contribution in [0.4, 0.5) is 5.69 Å². The molecular weight excluding hydrogens is 262 g/mol. The molecule has 1 aromatic heterocycles. The first-order chi connectivity index (χ1) is 9.42. The van der Waals surface area contributed by atoms with E-state index < -0.39 is 17.5 Å². The van der Waals surface area contributed by atoms with Crippen LogP contribution in [0, 0.1) is 13.8 Å². The normalized spacial score (nSPS) is 10.3. The molecule has 0 atom stereocenters. The van der Waals surface area contributed by atoms with E-state index in [1.165, 1.54) is 12.1 Å². The van der Waals surface area contributed by atoms with Crippen molar-refractivity contribution in [1.29, 1.82) is 0 Å². The van der Waals surface area contributed by atoms with E-state index in [-0.39, 0.29) is 0 Å². The number of carbonyl (C=O) groups excluding carboxylic acids is 2. The van der Waals surface area contributed by atoms with E-state index >= 15 is 0 Å². The second-order valence-electron chi connectivity index (χ2n) is 4.36. The highest BCUT2D eigenvalue weighted by Gasteiger charge is 2.16. The molecule has 0 unspecified atom stereocenters. The molecule has 104 valence electrons. The van der Waals surface area contributed by atoms with E-state index in [0.29, 0.717) is 11.3 Å². The summed E-state index contributed by atoms with van der Waals surface area (Å²) in [5, 5.41) is 3.19. The fraction of sp³-hybridized carbons (Fsp3) is 0.214. The highest BCUT2D eigenvalue weighted by Crippen LogP contribution is 2.24. The Bertz CT molecular complexity index is 760. The van der Waals surface area contributed by atoms with Gasteiger partial charge in [0.2, 0.25) is 0 Å². The van der Waals surface area contributed by atoms with Crippen molar-refractivity contribution in [2.24, 2.45) is 0 Å². The Balaban J connectivity index is 2.50. The Labute approximate surface area is 114 Å². The van der Waals surface area contributed by atoms with Crippen LogP contribution in [-0.2, 0) is 14.3 Å². The lowest BCUT2D eigenvalue weighted by atomic mass is 10.1. The highest BCUT2D eigenvalue weighted by atomic mass is 16.5. The molecule has 1 aromatic carbocycles. The van der Waals surface area contributed by atoms with Gasteiger partial charge in [-0.3, -0.25) is 4.79 Å². The summed E-state index contributed by atoms with van der Waals surface area (Å²) in [7, 11) is 1.12. The number of esters is 1. The van der Waals surface area contributed by atoms with Gasteiger partial charge in [0.05, 0.1) is 7.11 Å². The number of hydrogen-bond donors (Lipinski definition) is 1. The molecule has 0 aliphatic rings. The van der Waals surface area contributed by atoms with Crippen LogP contribution in [-0.4, -0.2) is 19.0 Å². The zero-order valence-electron chi connectivity index (χ0n) is 11.3. The number of rotatable bonds is 1. The zero-order chi connectivity index (χ0) is 14.9. The first-order valence-electron chi connectivity index (χ1n) is 5.87. The van der Waals surface area contributed by atoms with E-state index in [4.69, 9.17) is 4.42 Å². The molecule has 0 aliphatic carbocycles. The SMILES string of the molecule is COC(=O)C(=O)Nc1cc2oc(=O)cc(C)c2cc1C. The number of fused-ring (bicyclic) bond motifs is 1. The molecule has 2 rings (SSSR count). The number of methoxy groups -OCH3 is 1. The molecule has 1 N–H and O–H groups in total. The summed E-state index contributed by atoms with van der Waals surface area (Å²) in [6, 6.07) is 4.69. The van der Waals surface area contributed by atoms with Gasteiger partial charge < -0.3 is 14.5 Å². The third kappa shape index (κ3) is 2.54. The largest absolute Gasteiger partial charge is 0.462 e. The van der Waals surface area contributed by atoms with Gasteiger partial charge in [0.1, 0.15) is 5.58 Å². The highest BCUT2D eigenvalue weighted by molar-refractivity contribution is 6.37. The third-order valence-electron chi connectivity index (χ3n) is 2.92. The topological polar surface area (TPSA) is 85.6 Å². The zero-order valence-corrected chi connectivity index (χ0v) is 11.3. The Morgan fingerprint density at radius 1 is 1.15 bits per heavy atom. The molecule has 1 amide bonds. The number of carbonyl (C=O) groups is 2. The van der Waals surface area contributed by atoms with Gasteiger partial charge in [-0.15, -0.1) is 0 Å². The van der Waals surface area contributed by atoms with E-state index in [1.807, 2.05) is 0 Å². The second-order valence-corrected chi connectivity index (χ2v) is 4.36. The number of anilines is 1. The Kier molecular flexibility index (Phi) is 3.56. The first-order valence-corrected chi connectivity index (χ1v) is 5.87. The van der Waals surface area contributed by atoms with E-state index in [9.17, 15) is 14.4 Å². The molecule has 6 nitrogen and oxygen atoms in total. The van der Waals surface area contributed by atoms with Crippen LogP contribution in [0.5, 0.6) is 0 Å². The Morgan fingerprint density at radius 2 is 1.85 bits per heavy atom. The van der Waals surface area contributed by atoms with Crippen molar-refractivity contribution in [3.8, 4) is 0 Å². The molecule has 0 saturated heterocycles. The van der Waals surface area contributed by atoms with E-state index in [1.54, 1.807) is 19.9 Å². The van der Waals surface area contributed by atoms with Gasteiger partial charge in [-0.1, -0.05) is 0 Å². The number of nitrogens with one attached hydrogen (secondary N) is 1. The monoisotopic (exact) mass is 275 g/mol. The van der Waals surface area contributed by atoms with Crippen LogP contribution < -0.4 is 10.9 Å². The van der Waals surface area contributed by atoms with Crippen molar-refractivity contribution in [3.05, 3.63) is 39.7 Å². The van der Waals surface area contributed by atoms with Crippen LogP contribution >= 0.6 is 0 Å². The lowest BCUT2D eigenvalue weighted by Gasteiger charge is -2.09. The van der Waals surface area contributed by atoms with Gasteiger partial charge in [-0.2, -0.15) is 0 Å². The fourth-order valence-corrected chi connectivity index (χ4v) is 1.87. The maximum atomic E-state index is 11.5. The molecule has 0 spiro atoms. The maximum Gasteiger partial charge on any atom is 0.396 e. The lowest BCUT2D eigenvalue weighted by molar-refractivity contribution is -0.150. The van der Waals surface area contributed by atoms with Gasteiger partial charge in [0, 0.05) is 23.2 Å². The average Bonchev–Trinajstić information content (AvgIpc) is 2.39. The Hall–Kier alpha value is -2.63. The number of ether oxygens (including phenoxy) is 1. The quantitative estimate of drug-likeness (QED) is 0.484. The summed E-state index contributed by atoms with van der Waals surface area (Å²) in [6.07, 6.45) is 0. The van der Waals surface area contributed by atoms with Crippen LogP contribution in [0.1, 0.15) is 11.1 Å². The van der Waals surface area contributed by atoms with Gasteiger partial charge in [0.15, 0.2) is 0 Å². The molecule has 20 heavy (non-hydrogen) atoms. The Morgan fingerprint density at radius 3 is 2.50 bits per heavy atom. The number of aryl methyl sites for hydroxylation is 2. The summed E-state index contributed by atoms with van der Waals surface area (Å²) in [5.74, 6) is -1.87. The molecule has 6 heteroatoms. The third-order valence-corrected chi connectivity index (χ3v) is 2.92. The predicted molar refractivity (Wildman–Crippen MR) is 72.6 cm³/mol. The van der Waals surface area contributed by atoms with Gasteiger partial charge in [0.25, 0.3) is 0 Å². The van der Waals surface area contributed by atoms with Crippen molar-refractivity contribution < 1.29 is 18.7 Å². The standard InChI is InChI=1S/C14H13NO5/c1-7-5-12(16)20-11-6-10(8(2)4-9(7)11)15-13(17)14(18)19-3/h4-6H,1-3H3,(H,15,17). The van der Waals surface area contributed by atoms with Crippen LogP contribution in [0.15, 0.2) is 27.4 Å².